The van der Waals surface area contributed by atoms with Gasteiger partial charge >= 0.3 is 5.97 Å². The SMILES string of the molecule is CCc1ccc(N2CCN(C)CC2)cc1C(=O)OC. The van der Waals surface area contributed by atoms with Crippen LogP contribution in [0.15, 0.2) is 18.2 Å². The van der Waals surface area contributed by atoms with E-state index >= 15 is 0 Å². The van der Waals surface area contributed by atoms with Crippen molar-refractivity contribution in [2.75, 3.05) is 45.2 Å². The molecule has 4 nitrogen and oxygen atoms in total. The number of aryl methyl sites for hydroxylation is 1. The first-order chi connectivity index (χ1) is 9.15. The Morgan fingerprint density at radius 1 is 1.26 bits per heavy atom. The number of anilines is 1. The summed E-state index contributed by atoms with van der Waals surface area (Å²) in [5.41, 5.74) is 2.86. The van der Waals surface area contributed by atoms with Crippen molar-refractivity contribution < 1.29 is 9.53 Å². The average Bonchev–Trinajstić information content (AvgIpc) is 2.46. The Hall–Kier alpha value is -1.55. The molecule has 0 bridgehead atoms. The number of hydrogen-bond acceptors (Lipinski definition) is 4. The molecule has 19 heavy (non-hydrogen) atoms. The summed E-state index contributed by atoms with van der Waals surface area (Å²) in [5.74, 6) is -0.243. The standard InChI is InChI=1S/C15H22N2O2/c1-4-12-5-6-13(11-14(12)15(18)19-3)17-9-7-16(2)8-10-17/h5-6,11H,4,7-10H2,1-3H3. The highest BCUT2D eigenvalue weighted by molar-refractivity contribution is 5.92. The Kier molecular flexibility index (Phi) is 4.43. The molecule has 0 aromatic heterocycles. The van der Waals surface area contributed by atoms with Gasteiger partial charge in [0.05, 0.1) is 12.7 Å². The van der Waals surface area contributed by atoms with Crippen molar-refractivity contribution in [1.82, 2.24) is 4.90 Å². The molecule has 1 saturated heterocycles. The van der Waals surface area contributed by atoms with E-state index in [-0.39, 0.29) is 5.97 Å². The monoisotopic (exact) mass is 262 g/mol. The van der Waals surface area contributed by atoms with Gasteiger partial charge in [-0.1, -0.05) is 13.0 Å². The molecule has 1 fully saturated rings. The van der Waals surface area contributed by atoms with E-state index in [2.05, 4.69) is 29.8 Å². The van der Waals surface area contributed by atoms with Crippen LogP contribution in [0.25, 0.3) is 0 Å². The Morgan fingerprint density at radius 2 is 1.95 bits per heavy atom. The van der Waals surface area contributed by atoms with Crippen molar-refractivity contribution in [3.8, 4) is 0 Å². The fraction of sp³-hybridized carbons (Fsp3) is 0.533. The van der Waals surface area contributed by atoms with Crippen LogP contribution in [0.1, 0.15) is 22.8 Å². The molecule has 0 amide bonds. The van der Waals surface area contributed by atoms with Crippen LogP contribution in [0.3, 0.4) is 0 Å². The fourth-order valence-corrected chi connectivity index (χ4v) is 2.43. The summed E-state index contributed by atoms with van der Waals surface area (Å²) >= 11 is 0. The second kappa shape index (κ2) is 6.06. The third kappa shape index (κ3) is 3.07. The summed E-state index contributed by atoms with van der Waals surface area (Å²) in [5, 5.41) is 0. The van der Waals surface area contributed by atoms with Gasteiger partial charge in [0.1, 0.15) is 0 Å². The molecule has 2 rings (SSSR count). The molecule has 1 aromatic rings. The minimum Gasteiger partial charge on any atom is -0.465 e. The number of hydrogen-bond donors (Lipinski definition) is 0. The molecule has 1 aromatic carbocycles. The first-order valence-electron chi connectivity index (χ1n) is 6.80. The number of nitrogens with zero attached hydrogens (tertiary/aromatic N) is 2. The Labute approximate surface area is 115 Å². The van der Waals surface area contributed by atoms with Gasteiger partial charge in [0.15, 0.2) is 0 Å². The van der Waals surface area contributed by atoms with E-state index in [1.54, 1.807) is 0 Å². The van der Waals surface area contributed by atoms with Gasteiger partial charge in [-0.15, -0.1) is 0 Å². The van der Waals surface area contributed by atoms with E-state index in [1.165, 1.54) is 7.11 Å². The van der Waals surface area contributed by atoms with Crippen LogP contribution in [-0.2, 0) is 11.2 Å². The lowest BCUT2D eigenvalue weighted by Crippen LogP contribution is -2.44. The fourth-order valence-electron chi connectivity index (χ4n) is 2.43. The second-order valence-corrected chi connectivity index (χ2v) is 4.98. The number of ether oxygens (including phenoxy) is 1. The largest absolute Gasteiger partial charge is 0.465 e. The first-order valence-corrected chi connectivity index (χ1v) is 6.80. The van der Waals surface area contributed by atoms with Gasteiger partial charge in [-0.25, -0.2) is 4.79 Å². The minimum absolute atomic E-state index is 0.243. The molecule has 1 heterocycles. The summed E-state index contributed by atoms with van der Waals surface area (Å²) in [6, 6.07) is 6.12. The van der Waals surface area contributed by atoms with E-state index in [0.717, 1.165) is 43.9 Å². The van der Waals surface area contributed by atoms with Crippen LogP contribution in [0, 0.1) is 0 Å². The molecule has 1 aliphatic rings. The number of esters is 1. The van der Waals surface area contributed by atoms with Crippen LogP contribution in [0.5, 0.6) is 0 Å². The van der Waals surface area contributed by atoms with Gasteiger partial charge in [-0.2, -0.15) is 0 Å². The highest BCUT2D eigenvalue weighted by atomic mass is 16.5. The normalized spacial score (nSPS) is 16.5. The molecule has 0 N–H and O–H groups in total. The number of methoxy groups -OCH3 is 1. The van der Waals surface area contributed by atoms with Crippen molar-refractivity contribution in [3.05, 3.63) is 29.3 Å². The number of carbonyl (C=O) groups excluding carboxylic acids is 1. The summed E-state index contributed by atoms with van der Waals surface area (Å²) in [6.45, 7) is 6.18. The van der Waals surface area contributed by atoms with Gasteiger partial charge < -0.3 is 14.5 Å². The number of piperazine rings is 1. The van der Waals surface area contributed by atoms with Crippen LogP contribution in [-0.4, -0.2) is 51.2 Å². The summed E-state index contributed by atoms with van der Waals surface area (Å²) in [6.07, 6.45) is 0.841. The lowest BCUT2D eigenvalue weighted by molar-refractivity contribution is 0.0599. The zero-order valence-electron chi connectivity index (χ0n) is 12.0. The quantitative estimate of drug-likeness (QED) is 0.778. The molecule has 0 atom stereocenters. The highest BCUT2D eigenvalue weighted by Gasteiger charge is 2.17. The number of rotatable bonds is 3. The van der Waals surface area contributed by atoms with Crippen molar-refractivity contribution in [2.24, 2.45) is 0 Å². The number of carbonyl (C=O) groups is 1. The topological polar surface area (TPSA) is 32.8 Å². The lowest BCUT2D eigenvalue weighted by atomic mass is 10.0. The van der Waals surface area contributed by atoms with Gasteiger partial charge in [0.2, 0.25) is 0 Å². The van der Waals surface area contributed by atoms with E-state index < -0.39 is 0 Å². The van der Waals surface area contributed by atoms with E-state index in [4.69, 9.17) is 4.74 Å². The molecule has 0 aliphatic carbocycles. The van der Waals surface area contributed by atoms with Crippen LogP contribution in [0.2, 0.25) is 0 Å². The Bertz CT molecular complexity index is 451. The zero-order chi connectivity index (χ0) is 13.8. The maximum atomic E-state index is 11.8. The third-order valence-electron chi connectivity index (χ3n) is 3.75. The van der Waals surface area contributed by atoms with E-state index in [0.29, 0.717) is 5.56 Å². The van der Waals surface area contributed by atoms with Gasteiger partial charge in [-0.3, -0.25) is 0 Å². The zero-order valence-corrected chi connectivity index (χ0v) is 12.0. The predicted octanol–water partition coefficient (Wildman–Crippen LogP) is 1.79. The molecule has 0 radical (unpaired) electrons. The number of benzene rings is 1. The molecule has 1 aliphatic heterocycles. The Morgan fingerprint density at radius 3 is 2.53 bits per heavy atom. The summed E-state index contributed by atoms with van der Waals surface area (Å²) < 4.78 is 4.87. The van der Waals surface area contributed by atoms with Gasteiger partial charge in [-0.05, 0) is 31.2 Å². The molecule has 0 spiro atoms. The molecular formula is C15H22N2O2. The maximum Gasteiger partial charge on any atom is 0.338 e. The lowest BCUT2D eigenvalue weighted by Gasteiger charge is -2.34. The molecule has 4 heteroatoms. The van der Waals surface area contributed by atoms with Crippen molar-refractivity contribution in [2.45, 2.75) is 13.3 Å². The van der Waals surface area contributed by atoms with Gasteiger partial charge in [0, 0.05) is 31.9 Å². The second-order valence-electron chi connectivity index (χ2n) is 4.98. The minimum atomic E-state index is -0.243. The van der Waals surface area contributed by atoms with Crippen molar-refractivity contribution >= 4 is 11.7 Å². The summed E-state index contributed by atoms with van der Waals surface area (Å²) in [4.78, 5) is 16.5. The molecule has 0 unspecified atom stereocenters. The maximum absolute atomic E-state index is 11.8. The smallest absolute Gasteiger partial charge is 0.338 e. The van der Waals surface area contributed by atoms with Gasteiger partial charge in [0.25, 0.3) is 0 Å². The molecular weight excluding hydrogens is 240 g/mol. The number of likely N-dealkylation sites (N-methyl/N-ethyl adjacent to an activating group) is 1. The summed E-state index contributed by atoms with van der Waals surface area (Å²) in [7, 11) is 3.57. The van der Waals surface area contributed by atoms with Crippen molar-refractivity contribution in [3.63, 3.8) is 0 Å². The molecule has 104 valence electrons. The average molecular weight is 262 g/mol. The highest BCUT2D eigenvalue weighted by Crippen LogP contribution is 2.22. The predicted molar refractivity (Wildman–Crippen MR) is 76.9 cm³/mol. The van der Waals surface area contributed by atoms with Crippen LogP contribution >= 0.6 is 0 Å². The van der Waals surface area contributed by atoms with Crippen molar-refractivity contribution in [1.29, 1.82) is 0 Å². The Balaban J connectivity index is 2.25. The third-order valence-corrected chi connectivity index (χ3v) is 3.75. The first kappa shape index (κ1) is 13.9. The van der Waals surface area contributed by atoms with Crippen LogP contribution in [0.4, 0.5) is 5.69 Å². The van der Waals surface area contributed by atoms with E-state index in [9.17, 15) is 4.79 Å². The molecule has 0 saturated carbocycles. The van der Waals surface area contributed by atoms with Crippen LogP contribution < -0.4 is 4.90 Å². The van der Waals surface area contributed by atoms with E-state index in [1.807, 2.05) is 12.1 Å².